The maximum absolute atomic E-state index is 12.1. The van der Waals surface area contributed by atoms with Crippen molar-refractivity contribution in [3.8, 4) is 5.88 Å². The Bertz CT molecular complexity index is 1090. The number of benzene rings is 2. The van der Waals surface area contributed by atoms with Crippen LogP contribution in [0.4, 0.5) is 5.69 Å². The Morgan fingerprint density at radius 3 is 2.63 bits per heavy atom. The molecule has 0 aliphatic carbocycles. The molecule has 1 aromatic heterocycles. The lowest BCUT2D eigenvalue weighted by molar-refractivity contribution is -0.118. The molecule has 0 atom stereocenters. The number of carbonyl (C=O) groups is 2. The summed E-state index contributed by atoms with van der Waals surface area (Å²) in [5.41, 5.74) is 1.53. The molecule has 0 fully saturated rings. The molecule has 156 valence electrons. The van der Waals surface area contributed by atoms with Crippen LogP contribution in [-0.4, -0.2) is 28.0 Å². The van der Waals surface area contributed by atoms with Crippen LogP contribution in [0.3, 0.4) is 0 Å². The molecular weight excluding hydrogens is 404 g/mol. The normalized spacial score (nSPS) is 11.3. The lowest BCUT2D eigenvalue weighted by Crippen LogP contribution is -2.25. The van der Waals surface area contributed by atoms with E-state index in [-0.39, 0.29) is 18.2 Å². The number of aromatic nitrogens is 1. The van der Waals surface area contributed by atoms with Crippen molar-refractivity contribution in [2.75, 3.05) is 6.54 Å². The molecule has 30 heavy (non-hydrogen) atoms. The molecule has 0 saturated heterocycles. The first-order valence-corrected chi connectivity index (χ1v) is 10.2. The Morgan fingerprint density at radius 1 is 1.13 bits per heavy atom. The van der Waals surface area contributed by atoms with Crippen LogP contribution in [0.5, 0.6) is 5.88 Å². The number of carbonyl (C=O) groups excluding carboxylic acids is 2. The van der Waals surface area contributed by atoms with Crippen molar-refractivity contribution in [2.24, 2.45) is 10.2 Å². The number of hydrogen-bond donors (Lipinski definition) is 2. The molecule has 0 unspecified atom stereocenters. The van der Waals surface area contributed by atoms with E-state index in [2.05, 4.69) is 15.5 Å². The minimum atomic E-state index is -0.422. The highest BCUT2D eigenvalue weighted by Gasteiger charge is 2.16. The highest BCUT2D eigenvalue weighted by atomic mass is 35.5. The van der Waals surface area contributed by atoms with Crippen LogP contribution < -0.4 is 5.32 Å². The van der Waals surface area contributed by atoms with E-state index in [1.807, 2.05) is 31.2 Å². The second-order valence-electron chi connectivity index (χ2n) is 6.77. The summed E-state index contributed by atoms with van der Waals surface area (Å²) >= 11 is 5.99. The standard InChI is InChI=1S/C22H23ClN4O3/c1-2-14-27-18-11-6-4-9-16(18)20(22(27)30)26-25-19(28)12-7-13-24-21(29)15-8-3-5-10-17(15)23/h3-6,8-11,30H,2,7,12-14H2,1H3,(H,24,29). The van der Waals surface area contributed by atoms with Gasteiger partial charge < -0.3 is 15.0 Å². The van der Waals surface area contributed by atoms with Gasteiger partial charge in [0.25, 0.3) is 11.8 Å². The monoisotopic (exact) mass is 426 g/mol. The maximum atomic E-state index is 12.1. The topological polar surface area (TPSA) is 96.0 Å². The molecule has 0 radical (unpaired) electrons. The number of rotatable bonds is 8. The smallest absolute Gasteiger partial charge is 0.264 e. The molecule has 0 aliphatic heterocycles. The second-order valence-corrected chi connectivity index (χ2v) is 7.18. The Morgan fingerprint density at radius 2 is 1.87 bits per heavy atom. The van der Waals surface area contributed by atoms with Crippen molar-refractivity contribution in [3.05, 3.63) is 59.1 Å². The zero-order valence-corrected chi connectivity index (χ0v) is 17.4. The summed E-state index contributed by atoms with van der Waals surface area (Å²) < 4.78 is 1.76. The van der Waals surface area contributed by atoms with E-state index in [0.717, 1.165) is 17.3 Å². The largest absolute Gasteiger partial charge is 0.493 e. The number of aryl methyl sites for hydroxylation is 1. The van der Waals surface area contributed by atoms with Crippen LogP contribution in [0.15, 0.2) is 58.8 Å². The molecule has 1 heterocycles. The van der Waals surface area contributed by atoms with Gasteiger partial charge in [0.05, 0.1) is 16.1 Å². The van der Waals surface area contributed by atoms with Crippen LogP contribution >= 0.6 is 11.6 Å². The molecule has 2 amide bonds. The van der Waals surface area contributed by atoms with Crippen LogP contribution in [-0.2, 0) is 11.3 Å². The van der Waals surface area contributed by atoms with Crippen molar-refractivity contribution in [1.29, 1.82) is 0 Å². The fraction of sp³-hybridized carbons (Fsp3) is 0.273. The van der Waals surface area contributed by atoms with Crippen molar-refractivity contribution in [2.45, 2.75) is 32.7 Å². The molecule has 0 spiro atoms. The minimum Gasteiger partial charge on any atom is -0.493 e. The first-order chi connectivity index (χ1) is 14.5. The second kappa shape index (κ2) is 10.0. The SMILES string of the molecule is CCCn1c(O)c(N=NC(=O)CCCNC(=O)c2ccccc2Cl)c2ccccc21. The van der Waals surface area contributed by atoms with Crippen molar-refractivity contribution in [1.82, 2.24) is 9.88 Å². The van der Waals surface area contributed by atoms with E-state index in [1.165, 1.54) is 0 Å². The summed E-state index contributed by atoms with van der Waals surface area (Å²) in [4.78, 5) is 24.2. The quantitative estimate of drug-likeness (QED) is 0.381. The van der Waals surface area contributed by atoms with Crippen LogP contribution in [0.2, 0.25) is 5.02 Å². The first-order valence-electron chi connectivity index (χ1n) is 9.80. The van der Waals surface area contributed by atoms with E-state index in [4.69, 9.17) is 11.6 Å². The predicted molar refractivity (Wildman–Crippen MR) is 116 cm³/mol. The van der Waals surface area contributed by atoms with Gasteiger partial charge in [0.15, 0.2) is 5.69 Å². The fourth-order valence-electron chi connectivity index (χ4n) is 3.16. The number of halogens is 1. The third-order valence-electron chi connectivity index (χ3n) is 4.60. The number of nitrogens with one attached hydrogen (secondary N) is 1. The van der Waals surface area contributed by atoms with E-state index in [9.17, 15) is 14.7 Å². The Hall–Kier alpha value is -3.19. The predicted octanol–water partition coefficient (Wildman–Crippen LogP) is 5.23. The van der Waals surface area contributed by atoms with E-state index < -0.39 is 5.91 Å². The van der Waals surface area contributed by atoms with Crippen molar-refractivity contribution in [3.63, 3.8) is 0 Å². The van der Waals surface area contributed by atoms with Gasteiger partial charge in [0.1, 0.15) is 0 Å². The van der Waals surface area contributed by atoms with Crippen LogP contribution in [0.1, 0.15) is 36.5 Å². The number of fused-ring (bicyclic) bond motifs is 1. The molecule has 0 saturated carbocycles. The molecule has 0 aliphatic rings. The van der Waals surface area contributed by atoms with Crippen molar-refractivity contribution < 1.29 is 14.7 Å². The Kier molecular flexibility index (Phi) is 7.19. The van der Waals surface area contributed by atoms with Gasteiger partial charge in [-0.1, -0.05) is 48.9 Å². The summed E-state index contributed by atoms with van der Waals surface area (Å²) in [6.07, 6.45) is 1.39. The molecule has 2 aromatic carbocycles. The Labute approximate surface area is 179 Å². The molecule has 3 aromatic rings. The number of para-hydroxylation sites is 1. The van der Waals surface area contributed by atoms with Crippen molar-refractivity contribution >= 4 is 40.0 Å². The van der Waals surface area contributed by atoms with Gasteiger partial charge in [0, 0.05) is 24.9 Å². The molecule has 8 heteroatoms. The van der Waals surface area contributed by atoms with Gasteiger partial charge >= 0.3 is 0 Å². The Balaban J connectivity index is 1.57. The van der Waals surface area contributed by atoms with Gasteiger partial charge in [-0.05, 0) is 31.0 Å². The average molecular weight is 427 g/mol. The fourth-order valence-corrected chi connectivity index (χ4v) is 3.38. The molecule has 2 N–H and O–H groups in total. The van der Waals surface area contributed by atoms with E-state index in [0.29, 0.717) is 35.8 Å². The molecule has 0 bridgehead atoms. The third-order valence-corrected chi connectivity index (χ3v) is 4.93. The van der Waals surface area contributed by atoms with E-state index >= 15 is 0 Å². The summed E-state index contributed by atoms with van der Waals surface area (Å²) in [6, 6.07) is 14.2. The molecule has 3 rings (SSSR count). The minimum absolute atomic E-state index is 0.00148. The zero-order valence-electron chi connectivity index (χ0n) is 16.6. The number of azo groups is 1. The lowest BCUT2D eigenvalue weighted by Gasteiger charge is -2.05. The van der Waals surface area contributed by atoms with Gasteiger partial charge in [-0.25, -0.2) is 0 Å². The zero-order chi connectivity index (χ0) is 21.5. The van der Waals surface area contributed by atoms with Gasteiger partial charge in [-0.2, -0.15) is 0 Å². The summed E-state index contributed by atoms with van der Waals surface area (Å²) in [6.45, 7) is 2.97. The number of aromatic hydroxyl groups is 1. The maximum Gasteiger partial charge on any atom is 0.264 e. The number of nitrogens with zero attached hydrogens (tertiary/aromatic N) is 3. The third kappa shape index (κ3) is 4.86. The number of hydrogen-bond acceptors (Lipinski definition) is 4. The van der Waals surface area contributed by atoms with E-state index in [1.54, 1.807) is 28.8 Å². The van der Waals surface area contributed by atoms with Gasteiger partial charge in [-0.15, -0.1) is 10.2 Å². The van der Waals surface area contributed by atoms with Gasteiger partial charge in [0.2, 0.25) is 5.88 Å². The molecular formula is C22H23ClN4O3. The summed E-state index contributed by atoms with van der Waals surface area (Å²) in [7, 11) is 0. The molecule has 7 nitrogen and oxygen atoms in total. The lowest BCUT2D eigenvalue weighted by atomic mass is 10.2. The summed E-state index contributed by atoms with van der Waals surface area (Å²) in [5, 5.41) is 22.1. The first kappa shape index (κ1) is 21.5. The highest BCUT2D eigenvalue weighted by molar-refractivity contribution is 6.33. The van der Waals surface area contributed by atoms with Gasteiger partial charge in [-0.3, -0.25) is 9.59 Å². The average Bonchev–Trinajstić information content (AvgIpc) is 3.01. The number of amides is 2. The van der Waals surface area contributed by atoms with Crippen LogP contribution in [0, 0.1) is 0 Å². The highest BCUT2D eigenvalue weighted by Crippen LogP contribution is 2.38. The van der Waals surface area contributed by atoms with Crippen LogP contribution in [0.25, 0.3) is 10.9 Å². The summed E-state index contributed by atoms with van der Waals surface area (Å²) in [5.74, 6) is -0.710.